The number of benzene rings is 1. The van der Waals surface area contributed by atoms with Gasteiger partial charge in [0.2, 0.25) is 0 Å². The van der Waals surface area contributed by atoms with Gasteiger partial charge in [-0.15, -0.1) is 0 Å². The zero-order valence-corrected chi connectivity index (χ0v) is 23.3. The van der Waals surface area contributed by atoms with Gasteiger partial charge in [0, 0.05) is 48.3 Å². The van der Waals surface area contributed by atoms with Crippen molar-refractivity contribution in [1.82, 2.24) is 14.4 Å². The van der Waals surface area contributed by atoms with Crippen molar-refractivity contribution in [3.63, 3.8) is 0 Å². The van der Waals surface area contributed by atoms with Crippen LogP contribution in [0.3, 0.4) is 0 Å². The molecule has 1 aromatic carbocycles. The molecule has 7 nitrogen and oxygen atoms in total. The number of hydrogen-bond donors (Lipinski definition) is 1. The van der Waals surface area contributed by atoms with Gasteiger partial charge in [0.15, 0.2) is 17.3 Å². The predicted molar refractivity (Wildman–Crippen MR) is 149 cm³/mol. The largest absolute Gasteiger partial charge is 0.371 e. The summed E-state index contributed by atoms with van der Waals surface area (Å²) in [6, 6.07) is 5.91. The van der Waals surface area contributed by atoms with E-state index in [0.29, 0.717) is 28.3 Å². The number of nitrogens with one attached hydrogen (secondary N) is 1. The molecule has 1 N–H and O–H groups in total. The molecule has 2 aromatic heterocycles. The minimum Gasteiger partial charge on any atom is -0.371 e. The Morgan fingerprint density at radius 2 is 1.65 bits per heavy atom. The Morgan fingerprint density at radius 1 is 0.973 bits per heavy atom. The van der Waals surface area contributed by atoms with Crippen molar-refractivity contribution in [2.45, 2.75) is 58.3 Å². The van der Waals surface area contributed by atoms with E-state index in [1.165, 1.54) is 25.7 Å². The van der Waals surface area contributed by atoms with Gasteiger partial charge in [-0.25, -0.2) is 18.7 Å². The molecule has 0 radical (unpaired) electrons. The van der Waals surface area contributed by atoms with Gasteiger partial charge < -0.3 is 15.1 Å². The third-order valence-corrected chi connectivity index (χ3v) is 9.10. The van der Waals surface area contributed by atoms with Gasteiger partial charge in [-0.2, -0.15) is 0 Å². The molecule has 1 saturated carbocycles. The highest BCUT2D eigenvalue weighted by atomic mass is 127. The molecule has 0 unspecified atom stereocenters. The van der Waals surface area contributed by atoms with Gasteiger partial charge in [0.05, 0.1) is 23.1 Å². The average molecular weight is 620 g/mol. The normalized spacial score (nSPS) is 20.5. The molecule has 1 aliphatic carbocycles. The van der Waals surface area contributed by atoms with Crippen LogP contribution in [0.4, 0.5) is 26.1 Å². The number of imidazole rings is 1. The summed E-state index contributed by atoms with van der Waals surface area (Å²) in [7, 11) is 0. The maximum Gasteiger partial charge on any atom is 0.258 e. The van der Waals surface area contributed by atoms with Crippen LogP contribution in [0.25, 0.3) is 5.65 Å². The molecule has 2 saturated heterocycles. The van der Waals surface area contributed by atoms with Crippen molar-refractivity contribution in [3.05, 3.63) is 44.9 Å². The fourth-order valence-electron chi connectivity index (χ4n) is 5.62. The predicted octanol–water partition coefficient (Wildman–Crippen LogP) is 5.82. The third-order valence-electron chi connectivity index (χ3n) is 8.43. The zero-order chi connectivity index (χ0) is 25.9. The van der Waals surface area contributed by atoms with Crippen LogP contribution in [0.2, 0.25) is 0 Å². The molecular formula is C27H31F2IN6O. The van der Waals surface area contributed by atoms with E-state index in [2.05, 4.69) is 43.9 Å². The number of fused-ring (bicyclic) bond motifs is 1. The van der Waals surface area contributed by atoms with Crippen LogP contribution in [0.1, 0.15) is 60.3 Å². The summed E-state index contributed by atoms with van der Waals surface area (Å²) >= 11 is 2.29. The SMILES string of the molecule is Cc1nc2c(N3CCC(F)(F)CC3)nc(NC(=O)c3ccc(I)cc3N3CCC4(CC3)CC4)cn2c1C. The van der Waals surface area contributed by atoms with Crippen molar-refractivity contribution >= 4 is 51.5 Å². The number of halogens is 3. The summed E-state index contributed by atoms with van der Waals surface area (Å²) in [5, 5.41) is 3.01. The van der Waals surface area contributed by atoms with Crippen molar-refractivity contribution in [3.8, 4) is 0 Å². The monoisotopic (exact) mass is 620 g/mol. The lowest BCUT2D eigenvalue weighted by Crippen LogP contribution is -2.40. The van der Waals surface area contributed by atoms with Crippen LogP contribution in [0.5, 0.6) is 0 Å². The molecule has 37 heavy (non-hydrogen) atoms. The van der Waals surface area contributed by atoms with Crippen molar-refractivity contribution in [2.75, 3.05) is 41.3 Å². The molecule has 4 heterocycles. The lowest BCUT2D eigenvalue weighted by molar-refractivity contribution is -0.0221. The number of carbonyl (C=O) groups is 1. The zero-order valence-electron chi connectivity index (χ0n) is 21.2. The Balaban J connectivity index is 1.31. The number of aryl methyl sites for hydroxylation is 2. The number of nitrogens with zero attached hydrogens (tertiary/aromatic N) is 5. The number of amides is 1. The maximum atomic E-state index is 13.9. The first kappa shape index (κ1) is 24.8. The Labute approximate surface area is 228 Å². The second kappa shape index (κ2) is 9.06. The molecule has 3 fully saturated rings. The Morgan fingerprint density at radius 3 is 2.32 bits per heavy atom. The summed E-state index contributed by atoms with van der Waals surface area (Å²) in [5.41, 5.74) is 4.51. The smallest absolute Gasteiger partial charge is 0.258 e. The van der Waals surface area contributed by atoms with Crippen molar-refractivity contribution in [2.24, 2.45) is 5.41 Å². The quantitative estimate of drug-likeness (QED) is 0.373. The molecule has 196 valence electrons. The summed E-state index contributed by atoms with van der Waals surface area (Å²) < 4.78 is 30.7. The summed E-state index contributed by atoms with van der Waals surface area (Å²) in [5.74, 6) is -1.98. The van der Waals surface area contributed by atoms with E-state index in [1.807, 2.05) is 35.3 Å². The van der Waals surface area contributed by atoms with E-state index >= 15 is 0 Å². The van der Waals surface area contributed by atoms with Crippen LogP contribution >= 0.6 is 22.6 Å². The molecule has 0 bridgehead atoms. The van der Waals surface area contributed by atoms with Crippen LogP contribution < -0.4 is 15.1 Å². The summed E-state index contributed by atoms with van der Waals surface area (Å²) in [6.45, 7) is 6.17. The average Bonchev–Trinajstić information content (AvgIpc) is 3.56. The maximum absolute atomic E-state index is 13.9. The number of hydrogen-bond acceptors (Lipinski definition) is 5. The van der Waals surface area contributed by atoms with Crippen molar-refractivity contribution < 1.29 is 13.6 Å². The second-order valence-corrected chi connectivity index (χ2v) is 12.1. The number of alkyl halides is 2. The van der Waals surface area contributed by atoms with Gasteiger partial charge in [-0.1, -0.05) is 0 Å². The van der Waals surface area contributed by atoms with Gasteiger partial charge in [0.1, 0.15) is 0 Å². The minimum atomic E-state index is -2.66. The molecule has 6 rings (SSSR count). The molecular weight excluding hydrogens is 589 g/mol. The lowest BCUT2D eigenvalue weighted by atomic mass is 9.93. The van der Waals surface area contributed by atoms with Crippen LogP contribution in [-0.2, 0) is 0 Å². The highest BCUT2D eigenvalue weighted by molar-refractivity contribution is 14.1. The van der Waals surface area contributed by atoms with Gasteiger partial charge in [-0.3, -0.25) is 9.20 Å². The van der Waals surface area contributed by atoms with E-state index in [-0.39, 0.29) is 31.8 Å². The van der Waals surface area contributed by atoms with E-state index in [9.17, 15) is 13.6 Å². The molecule has 0 atom stereocenters. The first-order valence-electron chi connectivity index (χ1n) is 13.0. The molecule has 3 aliphatic rings. The number of anilines is 3. The Hall–Kier alpha value is -2.50. The lowest BCUT2D eigenvalue weighted by Gasteiger charge is -2.35. The van der Waals surface area contributed by atoms with E-state index < -0.39 is 5.92 Å². The molecule has 2 aliphatic heterocycles. The minimum absolute atomic E-state index is 0.190. The van der Waals surface area contributed by atoms with Crippen LogP contribution in [0, 0.1) is 22.8 Å². The highest BCUT2D eigenvalue weighted by Gasteiger charge is 2.44. The fraction of sp³-hybridized carbons (Fsp3) is 0.519. The Kier molecular flexibility index (Phi) is 6.08. The molecule has 1 amide bonds. The molecule has 1 spiro atoms. The van der Waals surface area contributed by atoms with E-state index in [4.69, 9.17) is 4.98 Å². The van der Waals surface area contributed by atoms with Crippen LogP contribution in [-0.4, -0.2) is 52.4 Å². The number of carbonyl (C=O) groups excluding carboxylic acids is 1. The fourth-order valence-corrected chi connectivity index (χ4v) is 6.09. The topological polar surface area (TPSA) is 65.8 Å². The van der Waals surface area contributed by atoms with Crippen molar-refractivity contribution in [1.29, 1.82) is 0 Å². The molecule has 10 heteroatoms. The van der Waals surface area contributed by atoms with Gasteiger partial charge in [-0.05, 0) is 85.7 Å². The highest BCUT2D eigenvalue weighted by Crippen LogP contribution is 2.54. The second-order valence-electron chi connectivity index (χ2n) is 10.9. The molecule has 3 aromatic rings. The first-order chi connectivity index (χ1) is 17.6. The first-order valence-corrected chi connectivity index (χ1v) is 14.1. The number of piperidine rings is 2. The standard InChI is InChI=1S/C27H31F2IN6O/c1-17-18(2)36-16-22(32-23(24(36)31-17)35-13-9-27(28,29)10-14-35)33-25(37)20-4-3-19(30)15-21(20)34-11-7-26(5-6-26)8-12-34/h3-4,15-16H,5-14H2,1-2H3,(H,33,37). The van der Waals surface area contributed by atoms with E-state index in [1.54, 1.807) is 6.20 Å². The number of rotatable bonds is 4. The third kappa shape index (κ3) is 4.77. The van der Waals surface area contributed by atoms with Crippen LogP contribution in [0.15, 0.2) is 24.4 Å². The van der Waals surface area contributed by atoms with Gasteiger partial charge >= 0.3 is 0 Å². The van der Waals surface area contributed by atoms with Gasteiger partial charge in [0.25, 0.3) is 11.8 Å². The summed E-state index contributed by atoms with van der Waals surface area (Å²) in [4.78, 5) is 27.2. The van der Waals surface area contributed by atoms with E-state index in [0.717, 1.165) is 33.7 Å². The summed E-state index contributed by atoms with van der Waals surface area (Å²) in [6.07, 6.45) is 6.34. The Bertz CT molecular complexity index is 1360. The number of aromatic nitrogens is 3.